The van der Waals surface area contributed by atoms with Gasteiger partial charge >= 0.3 is 0 Å². The lowest BCUT2D eigenvalue weighted by Gasteiger charge is -2.29. The molecular weight excluding hydrogens is 318 g/mol. The summed E-state index contributed by atoms with van der Waals surface area (Å²) in [6.07, 6.45) is 0.666. The average Bonchev–Trinajstić information content (AvgIpc) is 2.55. The van der Waals surface area contributed by atoms with Gasteiger partial charge in [-0.2, -0.15) is 0 Å². The first-order chi connectivity index (χ1) is 11.8. The van der Waals surface area contributed by atoms with Crippen molar-refractivity contribution >= 4 is 0 Å². The summed E-state index contributed by atoms with van der Waals surface area (Å²) in [5.41, 5.74) is 2.23. The van der Waals surface area contributed by atoms with E-state index in [0.29, 0.717) is 31.1 Å². The molecule has 3 rings (SSSR count). The molecule has 0 saturated heterocycles. The van der Waals surface area contributed by atoms with E-state index in [1.165, 1.54) is 0 Å². The second kappa shape index (κ2) is 6.52. The highest BCUT2D eigenvalue weighted by Crippen LogP contribution is 2.26. The molecule has 1 aliphatic rings. The monoisotopic (exact) mass is 343 g/mol. The van der Waals surface area contributed by atoms with Crippen LogP contribution in [0.5, 0.6) is 11.5 Å². The van der Waals surface area contributed by atoms with Crippen LogP contribution in [0.15, 0.2) is 23.0 Å². The van der Waals surface area contributed by atoms with Gasteiger partial charge in [0.05, 0.1) is 12.8 Å². The molecule has 1 aromatic heterocycles. The number of hydrogen-bond donors (Lipinski definition) is 2. The molecule has 0 amide bonds. The molecule has 6 heteroatoms. The Balaban J connectivity index is 1.83. The van der Waals surface area contributed by atoms with Gasteiger partial charge in [0.2, 0.25) is 0 Å². The third-order valence-electron chi connectivity index (χ3n) is 4.55. The Hall–Kier alpha value is -2.34. The van der Waals surface area contributed by atoms with Crippen molar-refractivity contribution < 1.29 is 9.84 Å². The van der Waals surface area contributed by atoms with Crippen molar-refractivity contribution in [1.29, 1.82) is 0 Å². The summed E-state index contributed by atoms with van der Waals surface area (Å²) in [4.78, 5) is 22.2. The van der Waals surface area contributed by atoms with Gasteiger partial charge < -0.3 is 14.8 Å². The Bertz CT molecular complexity index is 837. The molecule has 0 atom stereocenters. The topological polar surface area (TPSA) is 78.5 Å². The number of benzene rings is 1. The molecule has 1 aliphatic heterocycles. The molecule has 0 unspecified atom stereocenters. The first-order valence-electron chi connectivity index (χ1n) is 8.48. The van der Waals surface area contributed by atoms with Crippen LogP contribution in [0.3, 0.4) is 0 Å². The summed E-state index contributed by atoms with van der Waals surface area (Å²) in [7, 11) is 1.58. The summed E-state index contributed by atoms with van der Waals surface area (Å²) in [5, 5.41) is 10.2. The van der Waals surface area contributed by atoms with Gasteiger partial charge in [0.1, 0.15) is 17.3 Å². The second-order valence-corrected chi connectivity index (χ2v) is 7.55. The smallest absolute Gasteiger partial charge is 0.254 e. The number of fused-ring (bicyclic) bond motifs is 1. The molecule has 1 aromatic carbocycles. The van der Waals surface area contributed by atoms with Crippen LogP contribution < -0.4 is 10.3 Å². The summed E-state index contributed by atoms with van der Waals surface area (Å²) < 4.78 is 5.12. The number of phenols is 1. The van der Waals surface area contributed by atoms with Gasteiger partial charge in [-0.25, -0.2) is 4.98 Å². The zero-order valence-electron chi connectivity index (χ0n) is 15.2. The predicted molar refractivity (Wildman–Crippen MR) is 96.0 cm³/mol. The minimum absolute atomic E-state index is 0.0260. The first kappa shape index (κ1) is 17.5. The van der Waals surface area contributed by atoms with Gasteiger partial charge in [0, 0.05) is 42.2 Å². The van der Waals surface area contributed by atoms with Gasteiger partial charge in [-0.05, 0) is 12.5 Å². The summed E-state index contributed by atoms with van der Waals surface area (Å²) in [5.74, 6) is 1.57. The van der Waals surface area contributed by atoms with Crippen molar-refractivity contribution in [2.45, 2.75) is 45.7 Å². The molecule has 0 radical (unpaired) electrons. The number of nitrogens with one attached hydrogen (secondary N) is 1. The van der Waals surface area contributed by atoms with E-state index >= 15 is 0 Å². The maximum Gasteiger partial charge on any atom is 0.254 e. The lowest BCUT2D eigenvalue weighted by atomic mass is 9.95. The number of H-pyrrole nitrogens is 1. The molecule has 0 fully saturated rings. The number of nitrogens with zero attached hydrogens (tertiary/aromatic N) is 2. The van der Waals surface area contributed by atoms with Gasteiger partial charge in [-0.3, -0.25) is 9.69 Å². The molecule has 2 N–H and O–H groups in total. The zero-order chi connectivity index (χ0) is 18.2. The van der Waals surface area contributed by atoms with Crippen LogP contribution in [-0.4, -0.2) is 33.6 Å². The third kappa shape index (κ3) is 3.69. The van der Waals surface area contributed by atoms with E-state index in [1.807, 2.05) is 32.9 Å². The zero-order valence-corrected chi connectivity index (χ0v) is 15.2. The normalized spacial score (nSPS) is 15.0. The summed E-state index contributed by atoms with van der Waals surface area (Å²) >= 11 is 0. The Kier molecular flexibility index (Phi) is 4.56. The molecule has 2 heterocycles. The van der Waals surface area contributed by atoms with E-state index in [4.69, 9.17) is 9.72 Å². The first-order valence-corrected chi connectivity index (χ1v) is 8.48. The lowest BCUT2D eigenvalue weighted by Crippen LogP contribution is -2.36. The number of hydrogen-bond acceptors (Lipinski definition) is 5. The fourth-order valence-corrected chi connectivity index (χ4v) is 3.03. The van der Waals surface area contributed by atoms with Gasteiger partial charge in [0.25, 0.3) is 5.56 Å². The van der Waals surface area contributed by atoms with Crippen LogP contribution in [0.1, 0.15) is 43.4 Å². The van der Waals surface area contributed by atoms with Gasteiger partial charge in [0.15, 0.2) is 0 Å². The SMILES string of the molecule is COc1ccc(CN2CCc3c(nc(C(C)(C)C)[nH]c3=O)C2)c(O)c1. The molecular formula is C19H25N3O3. The van der Waals surface area contributed by atoms with Gasteiger partial charge in [-0.15, -0.1) is 0 Å². The molecule has 0 spiro atoms. The van der Waals surface area contributed by atoms with Gasteiger partial charge in [-0.1, -0.05) is 26.8 Å². The third-order valence-corrected chi connectivity index (χ3v) is 4.55. The van der Waals surface area contributed by atoms with Crippen molar-refractivity contribution in [3.8, 4) is 11.5 Å². The molecule has 0 saturated carbocycles. The Morgan fingerprint density at radius 2 is 2.12 bits per heavy atom. The number of aromatic nitrogens is 2. The second-order valence-electron chi connectivity index (χ2n) is 7.55. The van der Waals surface area contributed by atoms with Crippen LogP contribution in [-0.2, 0) is 24.9 Å². The number of phenolic OH excluding ortho intramolecular Hbond substituents is 1. The minimum atomic E-state index is -0.204. The maximum absolute atomic E-state index is 12.4. The predicted octanol–water partition coefficient (Wildman–Crippen LogP) is 2.34. The number of aromatic hydroxyl groups is 1. The molecule has 6 nitrogen and oxygen atoms in total. The van der Waals surface area contributed by atoms with Crippen LogP contribution in [0.2, 0.25) is 0 Å². The van der Waals surface area contributed by atoms with Crippen LogP contribution in [0.4, 0.5) is 0 Å². The van der Waals surface area contributed by atoms with Crippen LogP contribution in [0, 0.1) is 0 Å². The standard InChI is InChI=1S/C19H25N3O3/c1-19(2,3)18-20-15-11-22(8-7-14(15)17(24)21-18)10-12-5-6-13(25-4)9-16(12)23/h5-6,9,23H,7-8,10-11H2,1-4H3,(H,20,21,24). The number of methoxy groups -OCH3 is 1. The molecule has 0 bridgehead atoms. The Morgan fingerprint density at radius 3 is 2.76 bits per heavy atom. The largest absolute Gasteiger partial charge is 0.507 e. The quantitative estimate of drug-likeness (QED) is 0.894. The van der Waals surface area contributed by atoms with E-state index in [-0.39, 0.29) is 16.7 Å². The highest BCUT2D eigenvalue weighted by atomic mass is 16.5. The molecule has 25 heavy (non-hydrogen) atoms. The maximum atomic E-state index is 12.4. The van der Waals surface area contributed by atoms with Crippen molar-refractivity contribution in [1.82, 2.24) is 14.9 Å². The van der Waals surface area contributed by atoms with Crippen molar-refractivity contribution in [2.24, 2.45) is 0 Å². The summed E-state index contributed by atoms with van der Waals surface area (Å²) in [6.45, 7) is 8.08. The highest BCUT2D eigenvalue weighted by molar-refractivity contribution is 5.39. The van der Waals surface area contributed by atoms with E-state index in [0.717, 1.165) is 23.4 Å². The number of aromatic amines is 1. The van der Waals surface area contributed by atoms with Crippen molar-refractivity contribution in [3.05, 3.63) is 51.2 Å². The minimum Gasteiger partial charge on any atom is -0.507 e. The van der Waals surface area contributed by atoms with Crippen molar-refractivity contribution in [2.75, 3.05) is 13.7 Å². The molecule has 0 aliphatic carbocycles. The van der Waals surface area contributed by atoms with Crippen LogP contribution in [0.25, 0.3) is 0 Å². The van der Waals surface area contributed by atoms with E-state index in [2.05, 4.69) is 9.88 Å². The van der Waals surface area contributed by atoms with E-state index in [1.54, 1.807) is 13.2 Å². The molecule has 134 valence electrons. The fraction of sp³-hybridized carbons (Fsp3) is 0.474. The van der Waals surface area contributed by atoms with E-state index < -0.39 is 0 Å². The Morgan fingerprint density at radius 1 is 1.36 bits per heavy atom. The average molecular weight is 343 g/mol. The molecule has 2 aromatic rings. The highest BCUT2D eigenvalue weighted by Gasteiger charge is 2.25. The van der Waals surface area contributed by atoms with E-state index in [9.17, 15) is 9.90 Å². The fourth-order valence-electron chi connectivity index (χ4n) is 3.03. The Labute approximate surface area is 147 Å². The number of rotatable bonds is 3. The lowest BCUT2D eigenvalue weighted by molar-refractivity contribution is 0.236. The number of ether oxygens (including phenoxy) is 1. The van der Waals surface area contributed by atoms with Crippen molar-refractivity contribution in [3.63, 3.8) is 0 Å². The van der Waals surface area contributed by atoms with Crippen LogP contribution >= 0.6 is 0 Å². The summed E-state index contributed by atoms with van der Waals surface area (Å²) in [6, 6.07) is 5.33.